The topological polar surface area (TPSA) is 99.6 Å². The molecule has 1 aliphatic rings. The van der Waals surface area contributed by atoms with Gasteiger partial charge in [-0.25, -0.2) is 9.71 Å². The van der Waals surface area contributed by atoms with E-state index in [0.29, 0.717) is 19.3 Å². The number of carbonyl (C=O) groups is 1. The van der Waals surface area contributed by atoms with E-state index in [1.54, 1.807) is 6.20 Å². The molecule has 1 fully saturated rings. The van der Waals surface area contributed by atoms with Crippen LogP contribution in [-0.2, 0) is 21.4 Å². The van der Waals surface area contributed by atoms with E-state index in [4.69, 9.17) is 5.11 Å². The third kappa shape index (κ3) is 3.75. The number of piperidine rings is 1. The van der Waals surface area contributed by atoms with Gasteiger partial charge in [-0.05, 0) is 19.3 Å². The summed E-state index contributed by atoms with van der Waals surface area (Å²) in [6.45, 7) is 0.474. The first-order valence-corrected chi connectivity index (χ1v) is 8.70. The van der Waals surface area contributed by atoms with Crippen LogP contribution >= 0.6 is 11.3 Å². The molecule has 1 atom stereocenters. The summed E-state index contributed by atoms with van der Waals surface area (Å²) < 4.78 is 27.8. The average molecular weight is 319 g/mol. The molecule has 20 heavy (non-hydrogen) atoms. The molecule has 0 radical (unpaired) electrons. The van der Waals surface area contributed by atoms with Crippen LogP contribution in [-0.4, -0.2) is 47.9 Å². The van der Waals surface area contributed by atoms with Crippen LogP contribution in [0.25, 0.3) is 0 Å². The average Bonchev–Trinajstić information content (AvgIpc) is 2.91. The number of hydrogen-bond donors (Lipinski definition) is 2. The molecule has 1 saturated heterocycles. The fourth-order valence-corrected chi connectivity index (χ4v) is 4.23. The summed E-state index contributed by atoms with van der Waals surface area (Å²) in [5, 5.41) is 11.8. The highest BCUT2D eigenvalue weighted by Gasteiger charge is 2.36. The van der Waals surface area contributed by atoms with Crippen molar-refractivity contribution in [1.82, 2.24) is 14.0 Å². The van der Waals surface area contributed by atoms with Crippen molar-refractivity contribution < 1.29 is 18.3 Å². The lowest BCUT2D eigenvalue weighted by molar-refractivity contribution is -0.142. The molecule has 0 aliphatic carbocycles. The number of rotatable bonds is 6. The predicted molar refractivity (Wildman–Crippen MR) is 74.7 cm³/mol. The van der Waals surface area contributed by atoms with Crippen molar-refractivity contribution in [3.8, 4) is 0 Å². The third-order valence-electron chi connectivity index (χ3n) is 3.15. The standard InChI is InChI=1S/C11H17N3O4S2/c15-11(16)9-3-1-2-7-14(9)20(17,18)13-5-4-10-12-6-8-19-10/h6,8-9,13H,1-5,7H2,(H,15,16). The highest BCUT2D eigenvalue weighted by molar-refractivity contribution is 7.87. The van der Waals surface area contributed by atoms with E-state index >= 15 is 0 Å². The van der Waals surface area contributed by atoms with Gasteiger partial charge in [0, 0.05) is 31.1 Å². The van der Waals surface area contributed by atoms with Gasteiger partial charge in [0.05, 0.1) is 5.01 Å². The smallest absolute Gasteiger partial charge is 0.322 e. The summed E-state index contributed by atoms with van der Waals surface area (Å²) in [5.74, 6) is -1.09. The van der Waals surface area contributed by atoms with E-state index in [1.807, 2.05) is 5.38 Å². The van der Waals surface area contributed by atoms with Gasteiger partial charge in [0.25, 0.3) is 10.2 Å². The van der Waals surface area contributed by atoms with Crippen LogP contribution < -0.4 is 4.72 Å². The van der Waals surface area contributed by atoms with Gasteiger partial charge >= 0.3 is 5.97 Å². The minimum atomic E-state index is -3.75. The van der Waals surface area contributed by atoms with E-state index in [1.165, 1.54) is 11.3 Å². The van der Waals surface area contributed by atoms with Crippen molar-refractivity contribution in [2.45, 2.75) is 31.7 Å². The van der Waals surface area contributed by atoms with Crippen molar-refractivity contribution in [1.29, 1.82) is 0 Å². The second-order valence-electron chi connectivity index (χ2n) is 4.54. The van der Waals surface area contributed by atoms with Crippen molar-refractivity contribution in [3.05, 3.63) is 16.6 Å². The Balaban J connectivity index is 1.95. The number of hydrogen-bond acceptors (Lipinski definition) is 5. The predicted octanol–water partition coefficient (Wildman–Crippen LogP) is 0.459. The first-order chi connectivity index (χ1) is 9.50. The van der Waals surface area contributed by atoms with Gasteiger partial charge in [0.1, 0.15) is 6.04 Å². The molecular formula is C11H17N3O4S2. The minimum absolute atomic E-state index is 0.221. The van der Waals surface area contributed by atoms with Crippen LogP contribution in [0, 0.1) is 0 Å². The zero-order valence-electron chi connectivity index (χ0n) is 10.9. The molecule has 2 N–H and O–H groups in total. The molecule has 0 amide bonds. The van der Waals surface area contributed by atoms with Gasteiger partial charge < -0.3 is 5.11 Å². The maximum atomic E-state index is 12.2. The molecule has 112 valence electrons. The molecule has 1 aliphatic heterocycles. The summed E-state index contributed by atoms with van der Waals surface area (Å²) in [6, 6.07) is -0.957. The number of aromatic nitrogens is 1. The Kier molecular flexibility index (Phi) is 5.08. The van der Waals surface area contributed by atoms with Gasteiger partial charge in [-0.2, -0.15) is 12.7 Å². The molecule has 0 bridgehead atoms. The Hall–Kier alpha value is -1.03. The SMILES string of the molecule is O=C(O)C1CCCCN1S(=O)(=O)NCCc1nccs1. The quantitative estimate of drug-likeness (QED) is 0.793. The summed E-state index contributed by atoms with van der Waals surface area (Å²) in [6.07, 6.45) is 3.96. The van der Waals surface area contributed by atoms with Crippen LogP contribution in [0.15, 0.2) is 11.6 Å². The molecule has 1 unspecified atom stereocenters. The first-order valence-electron chi connectivity index (χ1n) is 6.38. The van der Waals surface area contributed by atoms with Gasteiger partial charge in [-0.1, -0.05) is 0 Å². The van der Waals surface area contributed by atoms with Crippen molar-refractivity contribution in [3.63, 3.8) is 0 Å². The fraction of sp³-hybridized carbons (Fsp3) is 0.636. The largest absolute Gasteiger partial charge is 0.480 e. The molecule has 0 spiro atoms. The first kappa shape index (κ1) is 15.4. The van der Waals surface area contributed by atoms with Gasteiger partial charge in [0.2, 0.25) is 0 Å². The van der Waals surface area contributed by atoms with E-state index in [-0.39, 0.29) is 13.1 Å². The van der Waals surface area contributed by atoms with Crippen molar-refractivity contribution >= 4 is 27.5 Å². The maximum absolute atomic E-state index is 12.2. The third-order valence-corrected chi connectivity index (χ3v) is 5.62. The molecule has 2 rings (SSSR count). The number of thiazole rings is 1. The summed E-state index contributed by atoms with van der Waals surface area (Å²) >= 11 is 1.46. The summed E-state index contributed by atoms with van der Waals surface area (Å²) in [4.78, 5) is 15.2. The number of carboxylic acid groups (broad SMARTS) is 1. The minimum Gasteiger partial charge on any atom is -0.480 e. The molecular weight excluding hydrogens is 302 g/mol. The van der Waals surface area contributed by atoms with Gasteiger partial charge in [-0.3, -0.25) is 4.79 Å². The molecule has 1 aromatic heterocycles. The number of nitrogens with one attached hydrogen (secondary N) is 1. The fourth-order valence-electron chi connectivity index (χ4n) is 2.19. The second-order valence-corrected chi connectivity index (χ2v) is 7.22. The number of nitrogens with zero attached hydrogens (tertiary/aromatic N) is 2. The van der Waals surface area contributed by atoms with E-state index < -0.39 is 22.2 Å². The number of carboxylic acids is 1. The van der Waals surface area contributed by atoms with Gasteiger partial charge in [0.15, 0.2) is 0 Å². The van der Waals surface area contributed by atoms with Gasteiger partial charge in [-0.15, -0.1) is 11.3 Å². The van der Waals surface area contributed by atoms with Crippen molar-refractivity contribution in [2.75, 3.05) is 13.1 Å². The van der Waals surface area contributed by atoms with Crippen LogP contribution in [0.3, 0.4) is 0 Å². The summed E-state index contributed by atoms with van der Waals surface area (Å²) in [7, 11) is -3.75. The molecule has 9 heteroatoms. The Morgan fingerprint density at radius 2 is 2.35 bits per heavy atom. The van der Waals surface area contributed by atoms with Crippen molar-refractivity contribution in [2.24, 2.45) is 0 Å². The lowest BCUT2D eigenvalue weighted by atomic mass is 10.1. The van der Waals surface area contributed by atoms with Crippen LogP contribution in [0.1, 0.15) is 24.3 Å². The van der Waals surface area contributed by atoms with E-state index in [0.717, 1.165) is 15.7 Å². The Labute approximate surface area is 121 Å². The molecule has 0 aromatic carbocycles. The maximum Gasteiger partial charge on any atom is 0.322 e. The Morgan fingerprint density at radius 3 is 3.00 bits per heavy atom. The zero-order valence-corrected chi connectivity index (χ0v) is 12.5. The number of aliphatic carboxylic acids is 1. The monoisotopic (exact) mass is 319 g/mol. The Bertz CT molecular complexity index is 544. The molecule has 2 heterocycles. The van der Waals surface area contributed by atoms with Crippen LogP contribution in [0.2, 0.25) is 0 Å². The lowest BCUT2D eigenvalue weighted by Gasteiger charge is -2.31. The van der Waals surface area contributed by atoms with Crippen LogP contribution in [0.4, 0.5) is 0 Å². The normalized spacial score (nSPS) is 20.9. The summed E-state index contributed by atoms with van der Waals surface area (Å²) in [5.41, 5.74) is 0. The van der Waals surface area contributed by atoms with E-state index in [2.05, 4.69) is 9.71 Å². The second kappa shape index (κ2) is 6.61. The zero-order chi connectivity index (χ0) is 14.6. The molecule has 7 nitrogen and oxygen atoms in total. The Morgan fingerprint density at radius 1 is 1.55 bits per heavy atom. The highest BCUT2D eigenvalue weighted by Crippen LogP contribution is 2.19. The lowest BCUT2D eigenvalue weighted by Crippen LogP contribution is -2.52. The van der Waals surface area contributed by atoms with Crippen LogP contribution in [0.5, 0.6) is 0 Å². The van der Waals surface area contributed by atoms with E-state index in [9.17, 15) is 13.2 Å². The highest BCUT2D eigenvalue weighted by atomic mass is 32.2. The molecule has 1 aromatic rings. The molecule has 0 saturated carbocycles.